The van der Waals surface area contributed by atoms with E-state index in [0.717, 1.165) is 25.7 Å². The standard InChI is InChI=1S/C15H23F2NO3/c16-13(17)8-12(15(20)21)18-14(19)11-6-5-9-3-1-2-4-10(9)7-11/h9-13H,1-8H2,(H,18,19)(H,20,21). The van der Waals surface area contributed by atoms with Gasteiger partial charge in [0.2, 0.25) is 12.3 Å². The Morgan fingerprint density at radius 1 is 1.10 bits per heavy atom. The zero-order valence-electron chi connectivity index (χ0n) is 12.1. The number of carboxylic acid groups (broad SMARTS) is 1. The van der Waals surface area contributed by atoms with Crippen LogP contribution in [0, 0.1) is 17.8 Å². The van der Waals surface area contributed by atoms with E-state index in [0.29, 0.717) is 11.8 Å². The highest BCUT2D eigenvalue weighted by atomic mass is 19.3. The fourth-order valence-corrected chi connectivity index (χ4v) is 3.80. The van der Waals surface area contributed by atoms with Crippen LogP contribution in [0.4, 0.5) is 8.78 Å². The number of nitrogens with one attached hydrogen (secondary N) is 1. The molecule has 0 aromatic carbocycles. The van der Waals surface area contributed by atoms with E-state index < -0.39 is 24.9 Å². The highest BCUT2D eigenvalue weighted by molar-refractivity contribution is 5.85. The van der Waals surface area contributed by atoms with Crippen molar-refractivity contribution in [3.63, 3.8) is 0 Å². The van der Waals surface area contributed by atoms with Crippen LogP contribution in [-0.2, 0) is 9.59 Å². The summed E-state index contributed by atoms with van der Waals surface area (Å²) < 4.78 is 24.7. The molecule has 6 heteroatoms. The van der Waals surface area contributed by atoms with Crippen LogP contribution in [0.5, 0.6) is 0 Å². The second-order valence-corrected chi connectivity index (χ2v) is 6.34. The van der Waals surface area contributed by atoms with Gasteiger partial charge in [-0.2, -0.15) is 0 Å². The number of carbonyl (C=O) groups is 2. The molecule has 120 valence electrons. The Morgan fingerprint density at radius 2 is 1.76 bits per heavy atom. The van der Waals surface area contributed by atoms with E-state index in [1.807, 2.05) is 0 Å². The van der Waals surface area contributed by atoms with Crippen LogP contribution in [0.15, 0.2) is 0 Å². The van der Waals surface area contributed by atoms with Crippen molar-refractivity contribution in [3.05, 3.63) is 0 Å². The van der Waals surface area contributed by atoms with Crippen molar-refractivity contribution in [2.75, 3.05) is 0 Å². The summed E-state index contributed by atoms with van der Waals surface area (Å²) in [6.45, 7) is 0. The molecule has 1 amide bonds. The summed E-state index contributed by atoms with van der Waals surface area (Å²) in [5.41, 5.74) is 0. The zero-order valence-corrected chi connectivity index (χ0v) is 12.1. The Balaban J connectivity index is 1.88. The molecular weight excluding hydrogens is 280 g/mol. The van der Waals surface area contributed by atoms with Gasteiger partial charge in [0.1, 0.15) is 6.04 Å². The molecule has 0 aromatic heterocycles. The molecule has 4 atom stereocenters. The predicted octanol–water partition coefficient (Wildman–Crippen LogP) is 2.82. The molecule has 4 unspecified atom stereocenters. The maximum Gasteiger partial charge on any atom is 0.326 e. The maximum absolute atomic E-state index is 12.3. The van der Waals surface area contributed by atoms with E-state index in [9.17, 15) is 18.4 Å². The SMILES string of the molecule is O=C(NC(CC(F)F)C(=O)O)C1CCC2CCCCC2C1. The topological polar surface area (TPSA) is 66.4 Å². The van der Waals surface area contributed by atoms with E-state index in [1.165, 1.54) is 19.3 Å². The van der Waals surface area contributed by atoms with Gasteiger partial charge in [0.15, 0.2) is 0 Å². The fourth-order valence-electron chi connectivity index (χ4n) is 3.80. The predicted molar refractivity (Wildman–Crippen MR) is 73.0 cm³/mol. The number of alkyl halides is 2. The molecular formula is C15H23F2NO3. The molecule has 2 aliphatic carbocycles. The molecule has 0 aliphatic heterocycles. The van der Waals surface area contributed by atoms with Gasteiger partial charge in [0, 0.05) is 12.3 Å². The summed E-state index contributed by atoms with van der Waals surface area (Å²) in [6.07, 6.45) is 3.75. The lowest BCUT2D eigenvalue weighted by Gasteiger charge is -2.39. The first kappa shape index (κ1) is 16.2. The Bertz CT molecular complexity index is 389. The van der Waals surface area contributed by atoms with Crippen LogP contribution in [0.2, 0.25) is 0 Å². The number of amides is 1. The van der Waals surface area contributed by atoms with E-state index in [4.69, 9.17) is 5.11 Å². The summed E-state index contributed by atoms with van der Waals surface area (Å²) in [6, 6.07) is -1.48. The number of carbonyl (C=O) groups excluding carboxylic acids is 1. The number of hydrogen-bond acceptors (Lipinski definition) is 2. The minimum absolute atomic E-state index is 0.219. The van der Waals surface area contributed by atoms with E-state index >= 15 is 0 Å². The molecule has 0 spiro atoms. The molecule has 0 saturated heterocycles. The average molecular weight is 303 g/mol. The first-order chi connectivity index (χ1) is 9.97. The Morgan fingerprint density at radius 3 is 2.38 bits per heavy atom. The van der Waals surface area contributed by atoms with Gasteiger partial charge in [0.05, 0.1) is 0 Å². The normalized spacial score (nSPS) is 30.5. The minimum atomic E-state index is -2.74. The molecule has 2 aliphatic rings. The smallest absolute Gasteiger partial charge is 0.326 e. The van der Waals surface area contributed by atoms with Gasteiger partial charge in [-0.3, -0.25) is 4.79 Å². The molecule has 0 radical (unpaired) electrons. The highest BCUT2D eigenvalue weighted by Gasteiger charge is 2.36. The van der Waals surface area contributed by atoms with E-state index in [-0.39, 0.29) is 11.8 Å². The molecule has 21 heavy (non-hydrogen) atoms. The third-order valence-electron chi connectivity index (χ3n) is 4.94. The lowest BCUT2D eigenvalue weighted by atomic mass is 9.67. The average Bonchev–Trinajstić information content (AvgIpc) is 2.45. The first-order valence-electron chi connectivity index (χ1n) is 7.78. The van der Waals surface area contributed by atoms with Crippen LogP contribution in [0.25, 0.3) is 0 Å². The van der Waals surface area contributed by atoms with E-state index in [1.54, 1.807) is 0 Å². The minimum Gasteiger partial charge on any atom is -0.480 e. The third kappa shape index (κ3) is 4.38. The van der Waals surface area contributed by atoms with Crippen molar-refractivity contribution in [3.8, 4) is 0 Å². The van der Waals surface area contributed by atoms with Crippen LogP contribution in [0.3, 0.4) is 0 Å². The summed E-state index contributed by atoms with van der Waals surface area (Å²) in [4.78, 5) is 23.1. The molecule has 2 rings (SSSR count). The van der Waals surface area contributed by atoms with Crippen molar-refractivity contribution >= 4 is 11.9 Å². The second kappa shape index (κ2) is 7.18. The lowest BCUT2D eigenvalue weighted by molar-refractivity contribution is -0.144. The summed E-state index contributed by atoms with van der Waals surface area (Å²) in [5, 5.41) is 11.2. The van der Waals surface area contributed by atoms with Gasteiger partial charge in [-0.15, -0.1) is 0 Å². The number of aliphatic carboxylic acids is 1. The van der Waals surface area contributed by atoms with Crippen LogP contribution in [-0.4, -0.2) is 29.5 Å². The molecule has 0 aromatic rings. The molecule has 2 N–H and O–H groups in total. The van der Waals surface area contributed by atoms with Gasteiger partial charge in [-0.1, -0.05) is 25.7 Å². The highest BCUT2D eigenvalue weighted by Crippen LogP contribution is 2.42. The van der Waals surface area contributed by atoms with Gasteiger partial charge < -0.3 is 10.4 Å². The number of carboxylic acids is 1. The Kier molecular flexibility index (Phi) is 5.53. The molecule has 2 saturated carbocycles. The number of halogens is 2. The third-order valence-corrected chi connectivity index (χ3v) is 4.94. The van der Waals surface area contributed by atoms with Crippen LogP contribution >= 0.6 is 0 Å². The zero-order chi connectivity index (χ0) is 15.4. The number of fused-ring (bicyclic) bond motifs is 1. The van der Waals surface area contributed by atoms with Crippen molar-refractivity contribution in [1.29, 1.82) is 0 Å². The van der Waals surface area contributed by atoms with Crippen molar-refractivity contribution in [2.24, 2.45) is 17.8 Å². The largest absolute Gasteiger partial charge is 0.480 e. The number of rotatable bonds is 5. The van der Waals surface area contributed by atoms with Gasteiger partial charge >= 0.3 is 5.97 Å². The van der Waals surface area contributed by atoms with E-state index in [2.05, 4.69) is 5.32 Å². The summed E-state index contributed by atoms with van der Waals surface area (Å²) >= 11 is 0. The van der Waals surface area contributed by atoms with Crippen LogP contribution in [0.1, 0.15) is 51.4 Å². The maximum atomic E-state index is 12.3. The number of hydrogen-bond donors (Lipinski definition) is 2. The quantitative estimate of drug-likeness (QED) is 0.820. The van der Waals surface area contributed by atoms with Crippen LogP contribution < -0.4 is 5.32 Å². The molecule has 4 nitrogen and oxygen atoms in total. The van der Waals surface area contributed by atoms with Gasteiger partial charge in [0.25, 0.3) is 0 Å². The summed E-state index contributed by atoms with van der Waals surface area (Å²) in [5.74, 6) is -0.744. The molecule has 2 fully saturated rings. The van der Waals surface area contributed by atoms with Crippen molar-refractivity contribution in [2.45, 2.75) is 63.8 Å². The van der Waals surface area contributed by atoms with Crippen molar-refractivity contribution < 1.29 is 23.5 Å². The first-order valence-corrected chi connectivity index (χ1v) is 7.78. The monoisotopic (exact) mass is 303 g/mol. The lowest BCUT2D eigenvalue weighted by Crippen LogP contribution is -2.46. The van der Waals surface area contributed by atoms with Crippen molar-refractivity contribution in [1.82, 2.24) is 5.32 Å². The Labute approximate surface area is 123 Å². The molecule has 0 heterocycles. The van der Waals surface area contributed by atoms with Gasteiger partial charge in [-0.05, 0) is 31.1 Å². The Hall–Kier alpha value is -1.20. The second-order valence-electron chi connectivity index (χ2n) is 6.34. The summed E-state index contributed by atoms with van der Waals surface area (Å²) in [7, 11) is 0. The van der Waals surface area contributed by atoms with Gasteiger partial charge in [-0.25, -0.2) is 13.6 Å². The molecule has 0 bridgehead atoms. The fraction of sp³-hybridized carbons (Fsp3) is 0.867.